The number of ketones is 1. The maximum atomic E-state index is 12.2. The summed E-state index contributed by atoms with van der Waals surface area (Å²) in [7, 11) is 0. The van der Waals surface area contributed by atoms with Crippen molar-refractivity contribution in [3.05, 3.63) is 54.1 Å². The summed E-state index contributed by atoms with van der Waals surface area (Å²) in [6, 6.07) is 16.2. The van der Waals surface area contributed by atoms with Gasteiger partial charge < -0.3 is 19.7 Å². The second-order valence-corrected chi connectivity index (χ2v) is 8.37. The molecule has 1 aliphatic rings. The van der Waals surface area contributed by atoms with Crippen molar-refractivity contribution >= 4 is 17.4 Å². The number of anilines is 1. The van der Waals surface area contributed by atoms with Gasteiger partial charge in [0.15, 0.2) is 0 Å². The van der Waals surface area contributed by atoms with E-state index in [1.54, 1.807) is 0 Å². The number of carbonyl (C=O) groups is 2. The lowest BCUT2D eigenvalue weighted by Crippen LogP contribution is -2.54. The first-order chi connectivity index (χ1) is 15.4. The molecule has 0 bridgehead atoms. The first-order valence-corrected chi connectivity index (χ1v) is 11.4. The standard InChI is InChI=1S/C26H34N2O4/c1-4-31-24-13-9-22(10-14-24)28-17-26(18-28)32-25-11-7-21(8-12-25)19(2)16-23(30)6-5-15-27-20(3)29/h7-14,19,26H,4-6,15-18H2,1-3H3,(H,27,29)/t19-/m1/s1. The highest BCUT2D eigenvalue weighted by Gasteiger charge is 2.28. The van der Waals surface area contributed by atoms with E-state index in [1.165, 1.54) is 12.6 Å². The first kappa shape index (κ1) is 23.6. The third kappa shape index (κ3) is 7.01. The van der Waals surface area contributed by atoms with Crippen molar-refractivity contribution in [3.63, 3.8) is 0 Å². The second-order valence-electron chi connectivity index (χ2n) is 8.37. The monoisotopic (exact) mass is 438 g/mol. The maximum Gasteiger partial charge on any atom is 0.216 e. The molecule has 0 saturated carbocycles. The summed E-state index contributed by atoms with van der Waals surface area (Å²) in [5.74, 6) is 2.09. The van der Waals surface area contributed by atoms with Crippen LogP contribution in [0.2, 0.25) is 0 Å². The smallest absolute Gasteiger partial charge is 0.216 e. The van der Waals surface area contributed by atoms with Crippen molar-refractivity contribution in [2.24, 2.45) is 0 Å². The van der Waals surface area contributed by atoms with Gasteiger partial charge in [-0.15, -0.1) is 0 Å². The summed E-state index contributed by atoms with van der Waals surface area (Å²) in [5, 5.41) is 2.72. The van der Waals surface area contributed by atoms with Gasteiger partial charge in [0.1, 0.15) is 23.4 Å². The van der Waals surface area contributed by atoms with Gasteiger partial charge >= 0.3 is 0 Å². The van der Waals surface area contributed by atoms with Crippen LogP contribution in [0.4, 0.5) is 5.69 Å². The van der Waals surface area contributed by atoms with Gasteiger partial charge in [0.2, 0.25) is 5.91 Å². The number of carbonyl (C=O) groups excluding carboxylic acids is 2. The minimum atomic E-state index is -0.0566. The number of hydrogen-bond donors (Lipinski definition) is 1. The van der Waals surface area contributed by atoms with E-state index in [0.29, 0.717) is 32.4 Å². The molecule has 0 aliphatic carbocycles. The van der Waals surface area contributed by atoms with Crippen LogP contribution in [0, 0.1) is 0 Å². The van der Waals surface area contributed by atoms with Crippen molar-refractivity contribution in [2.45, 2.75) is 52.1 Å². The lowest BCUT2D eigenvalue weighted by atomic mass is 9.94. The van der Waals surface area contributed by atoms with Crippen LogP contribution in [0.3, 0.4) is 0 Å². The van der Waals surface area contributed by atoms with Crippen LogP contribution in [0.1, 0.15) is 51.5 Å². The van der Waals surface area contributed by atoms with Gasteiger partial charge in [0.05, 0.1) is 19.7 Å². The Balaban J connectivity index is 1.39. The summed E-state index contributed by atoms with van der Waals surface area (Å²) in [5.41, 5.74) is 2.32. The van der Waals surface area contributed by atoms with Gasteiger partial charge in [-0.25, -0.2) is 0 Å². The average molecular weight is 439 g/mol. The number of rotatable bonds is 12. The molecule has 1 saturated heterocycles. The van der Waals surface area contributed by atoms with Crippen LogP contribution in [-0.4, -0.2) is 44.0 Å². The van der Waals surface area contributed by atoms with Gasteiger partial charge in [-0.1, -0.05) is 19.1 Å². The van der Waals surface area contributed by atoms with Crippen LogP contribution >= 0.6 is 0 Å². The molecule has 172 valence electrons. The first-order valence-electron chi connectivity index (χ1n) is 11.4. The fraction of sp³-hybridized carbons (Fsp3) is 0.462. The summed E-state index contributed by atoms with van der Waals surface area (Å²) in [6.45, 7) is 8.49. The van der Waals surface area contributed by atoms with Gasteiger partial charge in [-0.2, -0.15) is 0 Å². The van der Waals surface area contributed by atoms with E-state index >= 15 is 0 Å². The molecule has 1 amide bonds. The number of nitrogens with zero attached hydrogens (tertiary/aromatic N) is 1. The number of Topliss-reactive ketones (excluding diaryl/α,β-unsaturated/α-hetero) is 1. The quantitative estimate of drug-likeness (QED) is 0.500. The summed E-state index contributed by atoms with van der Waals surface area (Å²) in [6.07, 6.45) is 1.88. The Bertz CT molecular complexity index is 874. The van der Waals surface area contributed by atoms with Crippen molar-refractivity contribution in [2.75, 3.05) is 31.1 Å². The molecule has 0 unspecified atom stereocenters. The van der Waals surface area contributed by atoms with Crippen molar-refractivity contribution in [1.82, 2.24) is 5.32 Å². The highest BCUT2D eigenvalue weighted by Crippen LogP contribution is 2.27. The van der Waals surface area contributed by atoms with Crippen LogP contribution in [-0.2, 0) is 9.59 Å². The van der Waals surface area contributed by atoms with Crippen LogP contribution in [0.25, 0.3) is 0 Å². The predicted octanol–water partition coefficient (Wildman–Crippen LogP) is 4.33. The molecule has 2 aromatic carbocycles. The van der Waals surface area contributed by atoms with Crippen LogP contribution in [0.15, 0.2) is 48.5 Å². The molecular weight excluding hydrogens is 404 g/mol. The molecule has 1 heterocycles. The molecule has 1 aliphatic heterocycles. The van der Waals surface area contributed by atoms with Crippen LogP contribution in [0.5, 0.6) is 11.5 Å². The molecule has 1 atom stereocenters. The summed E-state index contributed by atoms with van der Waals surface area (Å²) in [4.78, 5) is 25.3. The number of hydrogen-bond acceptors (Lipinski definition) is 5. The number of ether oxygens (including phenoxy) is 2. The van der Waals surface area contributed by atoms with Gasteiger partial charge in [0.25, 0.3) is 0 Å². The lowest BCUT2D eigenvalue weighted by molar-refractivity contribution is -0.121. The summed E-state index contributed by atoms with van der Waals surface area (Å²) >= 11 is 0. The fourth-order valence-corrected chi connectivity index (χ4v) is 3.82. The SMILES string of the molecule is CCOc1ccc(N2CC(Oc3ccc([C@H](C)CC(=O)CCCNC(C)=O)cc3)C2)cc1. The molecule has 6 heteroatoms. The van der Waals surface area contributed by atoms with Gasteiger partial charge in [-0.05, 0) is 61.2 Å². The third-order valence-electron chi connectivity index (χ3n) is 5.65. The van der Waals surface area contributed by atoms with Crippen molar-refractivity contribution < 1.29 is 19.1 Å². The number of amides is 1. The Morgan fingerprint density at radius 3 is 2.34 bits per heavy atom. The van der Waals surface area contributed by atoms with Crippen molar-refractivity contribution in [3.8, 4) is 11.5 Å². The van der Waals surface area contributed by atoms with E-state index in [2.05, 4.69) is 29.3 Å². The molecule has 0 spiro atoms. The normalized spacial score (nSPS) is 14.4. The van der Waals surface area contributed by atoms with E-state index in [1.807, 2.05) is 43.3 Å². The molecule has 3 rings (SSSR count). The molecule has 32 heavy (non-hydrogen) atoms. The van der Waals surface area contributed by atoms with Gasteiger partial charge in [-0.3, -0.25) is 9.59 Å². The fourth-order valence-electron chi connectivity index (χ4n) is 3.82. The molecule has 2 aromatic rings. The van der Waals surface area contributed by atoms with Crippen LogP contribution < -0.4 is 19.7 Å². The molecule has 0 aromatic heterocycles. The molecule has 1 fully saturated rings. The maximum absolute atomic E-state index is 12.2. The molecule has 0 radical (unpaired) electrons. The third-order valence-corrected chi connectivity index (χ3v) is 5.65. The Morgan fingerprint density at radius 2 is 1.72 bits per heavy atom. The zero-order valence-corrected chi connectivity index (χ0v) is 19.3. The zero-order valence-electron chi connectivity index (χ0n) is 19.3. The second kappa shape index (κ2) is 11.6. The highest BCUT2D eigenvalue weighted by molar-refractivity contribution is 5.79. The zero-order chi connectivity index (χ0) is 22.9. The van der Waals surface area contributed by atoms with E-state index in [4.69, 9.17) is 9.47 Å². The Kier molecular flexibility index (Phi) is 8.54. The Hall–Kier alpha value is -3.02. The number of nitrogens with one attached hydrogen (secondary N) is 1. The average Bonchev–Trinajstić information content (AvgIpc) is 2.75. The Morgan fingerprint density at radius 1 is 1.06 bits per heavy atom. The molecule has 6 nitrogen and oxygen atoms in total. The minimum absolute atomic E-state index is 0.0566. The van der Waals surface area contributed by atoms with E-state index in [-0.39, 0.29) is 23.7 Å². The van der Waals surface area contributed by atoms with E-state index in [9.17, 15) is 9.59 Å². The van der Waals surface area contributed by atoms with E-state index < -0.39 is 0 Å². The minimum Gasteiger partial charge on any atom is -0.494 e. The van der Waals surface area contributed by atoms with E-state index in [0.717, 1.165) is 30.2 Å². The highest BCUT2D eigenvalue weighted by atomic mass is 16.5. The van der Waals surface area contributed by atoms with Gasteiger partial charge in [0, 0.05) is 32.0 Å². The molecular formula is C26H34N2O4. The molecule has 1 N–H and O–H groups in total. The predicted molar refractivity (Wildman–Crippen MR) is 127 cm³/mol. The number of benzene rings is 2. The topological polar surface area (TPSA) is 67.9 Å². The summed E-state index contributed by atoms with van der Waals surface area (Å²) < 4.78 is 11.6. The Labute approximate surface area is 190 Å². The largest absolute Gasteiger partial charge is 0.494 e. The van der Waals surface area contributed by atoms with Crippen molar-refractivity contribution in [1.29, 1.82) is 0 Å². The lowest BCUT2D eigenvalue weighted by Gasteiger charge is -2.40.